The minimum absolute atomic E-state index is 0.318. The number of rotatable bonds is 4. The lowest BCUT2D eigenvalue weighted by Gasteiger charge is -2.07. The zero-order chi connectivity index (χ0) is 14.7. The van der Waals surface area contributed by atoms with Gasteiger partial charge in [-0.15, -0.1) is 5.10 Å². The molecule has 21 heavy (non-hydrogen) atoms. The van der Waals surface area contributed by atoms with E-state index in [9.17, 15) is 0 Å². The van der Waals surface area contributed by atoms with E-state index in [0.29, 0.717) is 17.6 Å². The highest BCUT2D eigenvalue weighted by atomic mass is 16.5. The number of ether oxygens (including phenoxy) is 1. The molecule has 0 atom stereocenters. The van der Waals surface area contributed by atoms with Crippen molar-refractivity contribution in [3.63, 3.8) is 0 Å². The van der Waals surface area contributed by atoms with Gasteiger partial charge in [0.1, 0.15) is 5.75 Å². The van der Waals surface area contributed by atoms with Crippen molar-refractivity contribution in [2.24, 2.45) is 0 Å². The molecular formula is C15H15N5O. The summed E-state index contributed by atoms with van der Waals surface area (Å²) < 4.78 is 6.86. The van der Waals surface area contributed by atoms with E-state index in [-0.39, 0.29) is 0 Å². The van der Waals surface area contributed by atoms with Crippen molar-refractivity contribution in [1.82, 2.24) is 14.8 Å². The summed E-state index contributed by atoms with van der Waals surface area (Å²) >= 11 is 0. The second-order valence-electron chi connectivity index (χ2n) is 4.37. The average molecular weight is 281 g/mol. The highest BCUT2D eigenvalue weighted by Gasteiger charge is 2.10. The highest BCUT2D eigenvalue weighted by molar-refractivity contribution is 5.62. The van der Waals surface area contributed by atoms with Gasteiger partial charge in [0.05, 0.1) is 18.5 Å². The monoisotopic (exact) mass is 281 g/mol. The number of aromatic nitrogens is 3. The van der Waals surface area contributed by atoms with Crippen LogP contribution in [0.2, 0.25) is 0 Å². The van der Waals surface area contributed by atoms with Gasteiger partial charge < -0.3 is 15.8 Å². The van der Waals surface area contributed by atoms with E-state index in [1.165, 1.54) is 0 Å². The Morgan fingerprint density at radius 3 is 2.52 bits per heavy atom. The number of nitrogens with one attached hydrogen (secondary N) is 1. The van der Waals surface area contributed by atoms with Crippen LogP contribution < -0.4 is 15.8 Å². The van der Waals surface area contributed by atoms with Crippen molar-refractivity contribution in [2.75, 3.05) is 18.2 Å². The van der Waals surface area contributed by atoms with E-state index in [1.54, 1.807) is 11.8 Å². The Labute approximate surface area is 122 Å². The van der Waals surface area contributed by atoms with Gasteiger partial charge in [0.2, 0.25) is 11.9 Å². The van der Waals surface area contributed by atoms with Crippen molar-refractivity contribution in [1.29, 1.82) is 0 Å². The maximum atomic E-state index is 5.92. The third-order valence-electron chi connectivity index (χ3n) is 2.99. The van der Waals surface area contributed by atoms with Crippen LogP contribution in [0.4, 0.5) is 17.6 Å². The number of anilines is 3. The first-order valence-electron chi connectivity index (χ1n) is 6.46. The fourth-order valence-corrected chi connectivity index (χ4v) is 2.00. The molecule has 0 unspecified atom stereocenters. The SMILES string of the molecule is COc1ccccc1Nc1nc(N)n(-c2ccccc2)n1. The van der Waals surface area contributed by atoms with Crippen molar-refractivity contribution in [2.45, 2.75) is 0 Å². The molecule has 1 heterocycles. The van der Waals surface area contributed by atoms with Gasteiger partial charge in [0, 0.05) is 0 Å². The molecule has 0 saturated carbocycles. The maximum absolute atomic E-state index is 5.92. The smallest absolute Gasteiger partial charge is 0.248 e. The third-order valence-corrected chi connectivity index (χ3v) is 2.99. The third kappa shape index (κ3) is 2.64. The van der Waals surface area contributed by atoms with Gasteiger partial charge >= 0.3 is 0 Å². The molecule has 0 radical (unpaired) electrons. The Morgan fingerprint density at radius 2 is 1.76 bits per heavy atom. The number of hydrogen-bond acceptors (Lipinski definition) is 5. The lowest BCUT2D eigenvalue weighted by Crippen LogP contribution is -2.02. The molecular weight excluding hydrogens is 266 g/mol. The van der Waals surface area contributed by atoms with E-state index in [1.807, 2.05) is 54.6 Å². The Morgan fingerprint density at radius 1 is 1.05 bits per heavy atom. The molecule has 0 amide bonds. The van der Waals surface area contributed by atoms with Crippen LogP contribution in [0, 0.1) is 0 Å². The molecule has 106 valence electrons. The van der Waals surface area contributed by atoms with Gasteiger partial charge in [-0.3, -0.25) is 0 Å². The second kappa shape index (κ2) is 5.54. The molecule has 0 saturated heterocycles. The van der Waals surface area contributed by atoms with Gasteiger partial charge in [0.15, 0.2) is 0 Å². The molecule has 0 fully saturated rings. The van der Waals surface area contributed by atoms with Crippen LogP contribution in [-0.4, -0.2) is 21.9 Å². The van der Waals surface area contributed by atoms with Gasteiger partial charge in [0.25, 0.3) is 0 Å². The van der Waals surface area contributed by atoms with Gasteiger partial charge in [-0.1, -0.05) is 30.3 Å². The predicted molar refractivity (Wildman–Crippen MR) is 82.0 cm³/mol. The van der Waals surface area contributed by atoms with Crippen LogP contribution in [0.5, 0.6) is 5.75 Å². The summed E-state index contributed by atoms with van der Waals surface area (Å²) in [6.45, 7) is 0. The topological polar surface area (TPSA) is 78.0 Å². The van der Waals surface area contributed by atoms with Crippen LogP contribution in [0.15, 0.2) is 54.6 Å². The van der Waals surface area contributed by atoms with Crippen molar-refractivity contribution in [3.8, 4) is 11.4 Å². The lowest BCUT2D eigenvalue weighted by molar-refractivity contribution is 0.417. The fraction of sp³-hybridized carbons (Fsp3) is 0.0667. The standard InChI is InChI=1S/C15H15N5O/c1-21-13-10-6-5-9-12(13)17-15-18-14(16)20(19-15)11-7-3-2-4-8-11/h2-10H,1H3,(H3,16,17,18,19). The maximum Gasteiger partial charge on any atom is 0.248 e. The van der Waals surface area contributed by atoms with Crippen LogP contribution in [-0.2, 0) is 0 Å². The normalized spacial score (nSPS) is 10.3. The summed E-state index contributed by atoms with van der Waals surface area (Å²) in [5, 5.41) is 7.47. The summed E-state index contributed by atoms with van der Waals surface area (Å²) in [7, 11) is 1.62. The van der Waals surface area contributed by atoms with E-state index < -0.39 is 0 Å². The first-order chi connectivity index (χ1) is 10.3. The molecule has 0 spiro atoms. The Bertz CT molecular complexity index is 739. The van der Waals surface area contributed by atoms with Crippen LogP contribution in [0.1, 0.15) is 0 Å². The van der Waals surface area contributed by atoms with Gasteiger partial charge in [-0.2, -0.15) is 9.67 Å². The average Bonchev–Trinajstić information content (AvgIpc) is 2.89. The Kier molecular flexibility index (Phi) is 3.42. The zero-order valence-corrected chi connectivity index (χ0v) is 11.5. The minimum Gasteiger partial charge on any atom is -0.495 e. The largest absolute Gasteiger partial charge is 0.495 e. The van der Waals surface area contributed by atoms with Gasteiger partial charge in [-0.05, 0) is 24.3 Å². The number of methoxy groups -OCH3 is 1. The molecule has 3 N–H and O–H groups in total. The molecule has 2 aromatic carbocycles. The van der Waals surface area contributed by atoms with Crippen molar-refractivity contribution < 1.29 is 4.74 Å². The quantitative estimate of drug-likeness (QED) is 0.768. The highest BCUT2D eigenvalue weighted by Crippen LogP contribution is 2.26. The molecule has 0 bridgehead atoms. The molecule has 1 aromatic heterocycles. The lowest BCUT2D eigenvalue weighted by atomic mass is 10.3. The molecule has 0 aliphatic rings. The minimum atomic E-state index is 0.318. The van der Waals surface area contributed by atoms with Crippen LogP contribution in [0.3, 0.4) is 0 Å². The van der Waals surface area contributed by atoms with E-state index in [4.69, 9.17) is 10.5 Å². The number of hydrogen-bond donors (Lipinski definition) is 2. The number of nitrogens with two attached hydrogens (primary N) is 1. The molecule has 6 nitrogen and oxygen atoms in total. The van der Waals surface area contributed by atoms with Gasteiger partial charge in [-0.25, -0.2) is 0 Å². The Balaban J connectivity index is 1.91. The summed E-state index contributed by atoms with van der Waals surface area (Å²) in [5.74, 6) is 1.45. The van der Waals surface area contributed by atoms with E-state index in [0.717, 1.165) is 11.4 Å². The van der Waals surface area contributed by atoms with Crippen molar-refractivity contribution >= 4 is 17.6 Å². The van der Waals surface area contributed by atoms with Crippen LogP contribution >= 0.6 is 0 Å². The number of benzene rings is 2. The zero-order valence-electron chi connectivity index (χ0n) is 11.5. The summed E-state index contributed by atoms with van der Waals surface area (Å²) in [6.07, 6.45) is 0. The van der Waals surface area contributed by atoms with Crippen LogP contribution in [0.25, 0.3) is 5.69 Å². The first kappa shape index (κ1) is 13.0. The number of nitrogens with zero attached hydrogens (tertiary/aromatic N) is 3. The van der Waals surface area contributed by atoms with E-state index >= 15 is 0 Å². The first-order valence-corrected chi connectivity index (χ1v) is 6.46. The van der Waals surface area contributed by atoms with E-state index in [2.05, 4.69) is 15.4 Å². The fourth-order valence-electron chi connectivity index (χ4n) is 2.00. The number of para-hydroxylation sites is 3. The Hall–Kier alpha value is -3.02. The number of nitrogen functional groups attached to an aromatic ring is 1. The van der Waals surface area contributed by atoms with Crippen molar-refractivity contribution in [3.05, 3.63) is 54.6 Å². The molecule has 0 aliphatic heterocycles. The molecule has 0 aliphatic carbocycles. The summed E-state index contributed by atoms with van der Waals surface area (Å²) in [6, 6.07) is 17.2. The molecule has 3 aromatic rings. The molecule has 6 heteroatoms. The molecule has 3 rings (SSSR count). The summed E-state index contributed by atoms with van der Waals surface area (Å²) in [4.78, 5) is 4.22. The predicted octanol–water partition coefficient (Wildman–Crippen LogP) is 2.60. The summed E-state index contributed by atoms with van der Waals surface area (Å²) in [5.41, 5.74) is 7.56. The second-order valence-corrected chi connectivity index (χ2v) is 4.37.